The molecule has 2 bridgehead atoms. The van der Waals surface area contributed by atoms with Gasteiger partial charge in [-0.3, -0.25) is 9.59 Å². The number of rotatable bonds is 5. The fraction of sp³-hybridized carbons (Fsp3) is 0.429. The number of hydrogen-bond acceptors (Lipinski definition) is 3. The number of carbonyl (C=O) groups is 1. The lowest BCUT2D eigenvalue weighted by molar-refractivity contribution is -0.134. The number of aromatic nitrogens is 1. The Balaban J connectivity index is 1.54. The Morgan fingerprint density at radius 3 is 2.54 bits per heavy atom. The molecular formula is C21H24N2O3. The van der Waals surface area contributed by atoms with E-state index in [4.69, 9.17) is 0 Å². The van der Waals surface area contributed by atoms with Crippen LogP contribution < -0.4 is 5.43 Å². The second kappa shape index (κ2) is 6.72. The van der Waals surface area contributed by atoms with Crippen molar-refractivity contribution in [3.63, 3.8) is 0 Å². The van der Waals surface area contributed by atoms with Gasteiger partial charge in [0.2, 0.25) is 5.91 Å². The topological polar surface area (TPSA) is 62.5 Å². The highest BCUT2D eigenvalue weighted by Gasteiger charge is 2.56. The molecule has 0 radical (unpaired) electrons. The second-order valence-corrected chi connectivity index (χ2v) is 7.64. The third-order valence-electron chi connectivity index (χ3n) is 6.03. The first-order valence-corrected chi connectivity index (χ1v) is 9.23. The van der Waals surface area contributed by atoms with Crippen molar-refractivity contribution < 1.29 is 9.90 Å². The summed E-state index contributed by atoms with van der Waals surface area (Å²) in [5, 5.41) is 10.2. The van der Waals surface area contributed by atoms with Crippen molar-refractivity contribution in [2.75, 3.05) is 6.61 Å². The molecule has 2 aliphatic heterocycles. The average molecular weight is 352 g/mol. The highest BCUT2D eigenvalue weighted by atomic mass is 16.3. The second-order valence-electron chi connectivity index (χ2n) is 7.64. The summed E-state index contributed by atoms with van der Waals surface area (Å²) in [4.78, 5) is 26.2. The van der Waals surface area contributed by atoms with Crippen molar-refractivity contribution >= 4 is 5.91 Å². The Morgan fingerprint density at radius 2 is 1.85 bits per heavy atom. The molecule has 4 rings (SSSR count). The molecule has 0 aliphatic carbocycles. The van der Waals surface area contributed by atoms with E-state index in [-0.39, 0.29) is 42.0 Å². The van der Waals surface area contributed by atoms with Gasteiger partial charge in [0, 0.05) is 42.0 Å². The summed E-state index contributed by atoms with van der Waals surface area (Å²) in [5.74, 6) is 0.0736. The molecule has 1 N–H and O–H groups in total. The summed E-state index contributed by atoms with van der Waals surface area (Å²) in [7, 11) is 0. The van der Waals surface area contributed by atoms with Crippen LogP contribution in [0, 0.1) is 5.41 Å². The lowest BCUT2D eigenvalue weighted by Gasteiger charge is -2.36. The molecule has 0 unspecified atom stereocenters. The number of aliphatic hydroxyl groups is 1. The van der Waals surface area contributed by atoms with Crippen LogP contribution in [0.2, 0.25) is 0 Å². The molecule has 1 amide bonds. The van der Waals surface area contributed by atoms with E-state index in [1.54, 1.807) is 17.0 Å². The van der Waals surface area contributed by atoms with Crippen molar-refractivity contribution in [3.05, 3.63) is 70.6 Å². The minimum absolute atomic E-state index is 0.0582. The summed E-state index contributed by atoms with van der Waals surface area (Å²) >= 11 is 0. The fourth-order valence-corrected chi connectivity index (χ4v) is 4.87. The smallest absolute Gasteiger partial charge is 0.243 e. The van der Waals surface area contributed by atoms with E-state index in [2.05, 4.69) is 12.1 Å². The van der Waals surface area contributed by atoms with Crippen LogP contribution in [-0.2, 0) is 17.8 Å². The van der Waals surface area contributed by atoms with Crippen LogP contribution in [0.5, 0.6) is 0 Å². The summed E-state index contributed by atoms with van der Waals surface area (Å²) in [6.07, 6.45) is 6.93. The van der Waals surface area contributed by atoms with E-state index in [0.717, 1.165) is 25.7 Å². The van der Waals surface area contributed by atoms with E-state index < -0.39 is 0 Å². The molecule has 2 aromatic rings. The van der Waals surface area contributed by atoms with Gasteiger partial charge in [0.1, 0.15) is 6.54 Å². The van der Waals surface area contributed by atoms with Crippen LogP contribution >= 0.6 is 0 Å². The number of benzene rings is 1. The van der Waals surface area contributed by atoms with Crippen molar-refractivity contribution in [2.24, 2.45) is 5.41 Å². The number of amides is 1. The maximum atomic E-state index is 13.0. The number of aliphatic hydroxyl groups excluding tert-OH is 1. The average Bonchev–Trinajstić information content (AvgIpc) is 3.21. The predicted octanol–water partition coefficient (Wildman–Crippen LogP) is 1.83. The van der Waals surface area contributed by atoms with Crippen LogP contribution in [-0.4, -0.2) is 39.2 Å². The Hall–Kier alpha value is -2.40. The summed E-state index contributed by atoms with van der Waals surface area (Å²) in [6.45, 7) is 0.338. The zero-order valence-electron chi connectivity index (χ0n) is 14.8. The van der Waals surface area contributed by atoms with Gasteiger partial charge < -0.3 is 14.6 Å². The Bertz CT molecular complexity index is 827. The maximum absolute atomic E-state index is 13.0. The first kappa shape index (κ1) is 17.0. The van der Waals surface area contributed by atoms with Crippen molar-refractivity contribution in [1.82, 2.24) is 9.47 Å². The van der Waals surface area contributed by atoms with Crippen LogP contribution in [0.15, 0.2) is 59.7 Å². The molecule has 1 aromatic heterocycles. The molecule has 1 aromatic carbocycles. The number of carbonyl (C=O) groups excluding carboxylic acids is 1. The third-order valence-corrected chi connectivity index (χ3v) is 6.03. The largest absolute Gasteiger partial charge is 0.396 e. The molecular weight excluding hydrogens is 328 g/mol. The summed E-state index contributed by atoms with van der Waals surface area (Å²) in [5.41, 5.74) is 0.905. The van der Waals surface area contributed by atoms with Gasteiger partial charge in [-0.2, -0.15) is 0 Å². The summed E-state index contributed by atoms with van der Waals surface area (Å²) in [6, 6.07) is 13.5. The molecule has 2 saturated heterocycles. The normalized spacial score (nSPS) is 27.0. The standard InChI is InChI=1S/C21H24N2O3/c24-15-21(12-16-4-2-1-3-5-16)13-17-6-7-19(21)23(17)20(26)14-22-10-8-18(25)9-11-22/h1-5,8-11,17,19,24H,6-7,12-15H2/t17-,19+,21-/m1/s1. The molecule has 26 heavy (non-hydrogen) atoms. The zero-order chi connectivity index (χ0) is 18.1. The van der Waals surface area contributed by atoms with Gasteiger partial charge in [0.25, 0.3) is 0 Å². The van der Waals surface area contributed by atoms with Gasteiger partial charge in [-0.15, -0.1) is 0 Å². The van der Waals surface area contributed by atoms with Crippen molar-refractivity contribution in [2.45, 2.75) is 44.3 Å². The lowest BCUT2D eigenvalue weighted by atomic mass is 9.70. The van der Waals surface area contributed by atoms with Crippen LogP contribution in [0.4, 0.5) is 0 Å². The van der Waals surface area contributed by atoms with Crippen molar-refractivity contribution in [1.29, 1.82) is 0 Å². The molecule has 2 fully saturated rings. The van der Waals surface area contributed by atoms with Crippen LogP contribution in [0.25, 0.3) is 0 Å². The third kappa shape index (κ3) is 2.97. The van der Waals surface area contributed by atoms with E-state index >= 15 is 0 Å². The monoisotopic (exact) mass is 352 g/mol. The fourth-order valence-electron chi connectivity index (χ4n) is 4.87. The van der Waals surface area contributed by atoms with E-state index in [9.17, 15) is 14.7 Å². The number of fused-ring (bicyclic) bond motifs is 2. The van der Waals surface area contributed by atoms with Gasteiger partial charge >= 0.3 is 0 Å². The molecule has 5 nitrogen and oxygen atoms in total. The lowest BCUT2D eigenvalue weighted by Crippen LogP contribution is -2.44. The van der Waals surface area contributed by atoms with Gasteiger partial charge in [0.05, 0.1) is 6.61 Å². The first-order chi connectivity index (χ1) is 12.6. The number of hydrogen-bond donors (Lipinski definition) is 1. The quantitative estimate of drug-likeness (QED) is 0.893. The van der Waals surface area contributed by atoms with Crippen LogP contribution in [0.3, 0.4) is 0 Å². The van der Waals surface area contributed by atoms with Gasteiger partial charge in [-0.05, 0) is 31.2 Å². The van der Waals surface area contributed by atoms with Crippen LogP contribution in [0.1, 0.15) is 24.8 Å². The Kier molecular flexibility index (Phi) is 4.41. The molecule has 2 aliphatic rings. The molecule has 136 valence electrons. The SMILES string of the molecule is O=C(Cn1ccc(=O)cc1)N1[C@@H]2CC[C@H]1[C@](CO)(Cc1ccccc1)C2. The highest BCUT2D eigenvalue weighted by Crippen LogP contribution is 2.51. The molecule has 3 atom stereocenters. The maximum Gasteiger partial charge on any atom is 0.243 e. The molecule has 0 saturated carbocycles. The number of nitrogens with zero attached hydrogens (tertiary/aromatic N) is 2. The van der Waals surface area contributed by atoms with Gasteiger partial charge in [-0.25, -0.2) is 0 Å². The highest BCUT2D eigenvalue weighted by molar-refractivity contribution is 5.77. The Morgan fingerprint density at radius 1 is 1.12 bits per heavy atom. The summed E-state index contributed by atoms with van der Waals surface area (Å²) < 4.78 is 1.75. The van der Waals surface area contributed by atoms with Gasteiger partial charge in [-0.1, -0.05) is 30.3 Å². The van der Waals surface area contributed by atoms with Gasteiger partial charge in [0.15, 0.2) is 5.43 Å². The van der Waals surface area contributed by atoms with E-state index in [1.807, 2.05) is 23.1 Å². The first-order valence-electron chi connectivity index (χ1n) is 9.23. The zero-order valence-corrected chi connectivity index (χ0v) is 14.8. The molecule has 0 spiro atoms. The van der Waals surface area contributed by atoms with E-state index in [1.165, 1.54) is 17.7 Å². The van der Waals surface area contributed by atoms with E-state index in [0.29, 0.717) is 0 Å². The number of pyridine rings is 1. The molecule has 5 heteroatoms. The minimum Gasteiger partial charge on any atom is -0.396 e. The minimum atomic E-state index is -0.247. The van der Waals surface area contributed by atoms with Crippen molar-refractivity contribution in [3.8, 4) is 0 Å². The molecule has 3 heterocycles. The Labute approximate surface area is 152 Å². The predicted molar refractivity (Wildman–Crippen MR) is 98.6 cm³/mol.